The van der Waals surface area contributed by atoms with Crippen molar-refractivity contribution in [1.29, 1.82) is 0 Å². The van der Waals surface area contributed by atoms with Gasteiger partial charge in [0.05, 0.1) is 0 Å². The van der Waals surface area contributed by atoms with Crippen molar-refractivity contribution in [2.45, 2.75) is 6.42 Å². The molecule has 2 aromatic rings. The van der Waals surface area contributed by atoms with E-state index in [1.54, 1.807) is 0 Å². The predicted octanol–water partition coefficient (Wildman–Crippen LogP) is 3.65. The summed E-state index contributed by atoms with van der Waals surface area (Å²) in [6, 6.07) is 17.1. The second-order valence-corrected chi connectivity index (χ2v) is 3.97. The van der Waals surface area contributed by atoms with Gasteiger partial charge in [-0.05, 0) is 34.2 Å². The average molecular weight is 192 g/mol. The van der Waals surface area contributed by atoms with Crippen LogP contribution in [0.1, 0.15) is 22.3 Å². The van der Waals surface area contributed by atoms with Gasteiger partial charge in [0.15, 0.2) is 0 Å². The molecule has 15 heavy (non-hydrogen) atoms. The van der Waals surface area contributed by atoms with Crippen molar-refractivity contribution in [2.75, 3.05) is 0 Å². The third kappa shape index (κ3) is 1.22. The molecule has 1 aliphatic rings. The van der Waals surface area contributed by atoms with Crippen molar-refractivity contribution in [3.63, 3.8) is 0 Å². The third-order valence-corrected chi connectivity index (χ3v) is 3.07. The van der Waals surface area contributed by atoms with Gasteiger partial charge >= 0.3 is 0 Å². The Morgan fingerprint density at radius 3 is 1.73 bits per heavy atom. The first kappa shape index (κ1) is 8.49. The van der Waals surface area contributed by atoms with E-state index >= 15 is 0 Å². The van der Waals surface area contributed by atoms with Crippen LogP contribution < -0.4 is 0 Å². The first-order chi connectivity index (χ1) is 7.36. The van der Waals surface area contributed by atoms with Crippen molar-refractivity contribution >= 4 is 5.57 Å². The highest BCUT2D eigenvalue weighted by atomic mass is 14.2. The van der Waals surface area contributed by atoms with Crippen LogP contribution in [0.25, 0.3) is 5.57 Å². The van der Waals surface area contributed by atoms with Crippen LogP contribution in [-0.4, -0.2) is 0 Å². The number of fused-ring (bicyclic) bond motifs is 2. The molecule has 0 saturated carbocycles. The maximum absolute atomic E-state index is 4.20. The van der Waals surface area contributed by atoms with Gasteiger partial charge in [-0.15, -0.1) is 0 Å². The monoisotopic (exact) mass is 192 g/mol. The summed E-state index contributed by atoms with van der Waals surface area (Å²) in [5.74, 6) is 0. The molecule has 72 valence electrons. The summed E-state index contributed by atoms with van der Waals surface area (Å²) in [4.78, 5) is 0. The van der Waals surface area contributed by atoms with E-state index in [2.05, 4.69) is 55.1 Å². The molecule has 0 spiro atoms. The molecule has 0 N–H and O–H groups in total. The lowest BCUT2D eigenvalue weighted by Crippen LogP contribution is -2.05. The normalized spacial score (nSPS) is 13.2. The van der Waals surface area contributed by atoms with Gasteiger partial charge in [0.25, 0.3) is 0 Å². The summed E-state index contributed by atoms with van der Waals surface area (Å²) >= 11 is 0. The van der Waals surface area contributed by atoms with E-state index in [1.165, 1.54) is 22.3 Å². The topological polar surface area (TPSA) is 0 Å². The summed E-state index contributed by atoms with van der Waals surface area (Å²) in [6.45, 7) is 4.20. The van der Waals surface area contributed by atoms with Gasteiger partial charge in [-0.3, -0.25) is 0 Å². The predicted molar refractivity (Wildman–Crippen MR) is 63.8 cm³/mol. The van der Waals surface area contributed by atoms with E-state index in [1.807, 2.05) is 0 Å². The summed E-state index contributed by atoms with van der Waals surface area (Å²) in [5, 5.41) is 0. The van der Waals surface area contributed by atoms with Gasteiger partial charge in [-0.25, -0.2) is 0 Å². The minimum absolute atomic E-state index is 1.03. The summed E-state index contributed by atoms with van der Waals surface area (Å²) in [6.07, 6.45) is 1.03. The Hall–Kier alpha value is -1.82. The van der Waals surface area contributed by atoms with E-state index in [9.17, 15) is 0 Å². The standard InChI is InChI=1S/C15H12/c1-11-14-8-4-2-6-12(14)10-13-7-3-5-9-15(11)13/h2-9H,1,10H2. The lowest BCUT2D eigenvalue weighted by Gasteiger charge is -2.21. The molecule has 0 aliphatic heterocycles. The quantitative estimate of drug-likeness (QED) is 0.510. The SMILES string of the molecule is C=C1c2ccccc2Cc2ccccc21. The molecule has 2 aromatic carbocycles. The molecular weight excluding hydrogens is 180 g/mol. The Bertz CT molecular complexity index is 488. The second-order valence-electron chi connectivity index (χ2n) is 3.97. The molecule has 0 nitrogen and oxygen atoms in total. The Labute approximate surface area is 89.9 Å². The van der Waals surface area contributed by atoms with Crippen molar-refractivity contribution in [2.24, 2.45) is 0 Å². The molecule has 0 amide bonds. The molecule has 0 atom stereocenters. The number of hydrogen-bond acceptors (Lipinski definition) is 0. The molecule has 0 heterocycles. The van der Waals surface area contributed by atoms with Gasteiger partial charge in [-0.2, -0.15) is 0 Å². The van der Waals surface area contributed by atoms with Crippen LogP contribution in [-0.2, 0) is 6.42 Å². The van der Waals surface area contributed by atoms with Gasteiger partial charge in [-0.1, -0.05) is 55.1 Å². The summed E-state index contributed by atoms with van der Waals surface area (Å²) < 4.78 is 0. The van der Waals surface area contributed by atoms with Gasteiger partial charge in [0.2, 0.25) is 0 Å². The fourth-order valence-electron chi connectivity index (χ4n) is 2.29. The Kier molecular flexibility index (Phi) is 1.75. The smallest absolute Gasteiger partial charge is 0.00135 e. The van der Waals surface area contributed by atoms with Crippen LogP contribution in [0.15, 0.2) is 55.1 Å². The van der Waals surface area contributed by atoms with Crippen LogP contribution in [0.3, 0.4) is 0 Å². The van der Waals surface area contributed by atoms with Crippen molar-refractivity contribution in [3.05, 3.63) is 77.4 Å². The number of benzene rings is 2. The van der Waals surface area contributed by atoms with E-state index in [0.717, 1.165) is 12.0 Å². The molecule has 0 radical (unpaired) electrons. The van der Waals surface area contributed by atoms with Crippen LogP contribution >= 0.6 is 0 Å². The fourth-order valence-corrected chi connectivity index (χ4v) is 2.29. The maximum atomic E-state index is 4.20. The molecule has 0 bridgehead atoms. The highest BCUT2D eigenvalue weighted by Crippen LogP contribution is 2.33. The van der Waals surface area contributed by atoms with Gasteiger partial charge < -0.3 is 0 Å². The lowest BCUT2D eigenvalue weighted by atomic mass is 9.83. The Morgan fingerprint density at radius 1 is 0.733 bits per heavy atom. The van der Waals surface area contributed by atoms with Crippen LogP contribution in [0, 0.1) is 0 Å². The second kappa shape index (κ2) is 3.09. The van der Waals surface area contributed by atoms with E-state index < -0.39 is 0 Å². The van der Waals surface area contributed by atoms with Crippen LogP contribution in [0.4, 0.5) is 0 Å². The van der Waals surface area contributed by atoms with Crippen LogP contribution in [0.5, 0.6) is 0 Å². The molecule has 0 fully saturated rings. The first-order valence-corrected chi connectivity index (χ1v) is 5.22. The molecule has 0 unspecified atom stereocenters. The molecule has 0 saturated heterocycles. The molecule has 3 rings (SSSR count). The van der Waals surface area contributed by atoms with Crippen molar-refractivity contribution < 1.29 is 0 Å². The van der Waals surface area contributed by atoms with E-state index in [-0.39, 0.29) is 0 Å². The highest BCUT2D eigenvalue weighted by molar-refractivity contribution is 5.84. The van der Waals surface area contributed by atoms with Gasteiger partial charge in [0.1, 0.15) is 0 Å². The van der Waals surface area contributed by atoms with Crippen molar-refractivity contribution in [1.82, 2.24) is 0 Å². The minimum atomic E-state index is 1.03. The molecule has 0 heteroatoms. The fraction of sp³-hybridized carbons (Fsp3) is 0.0667. The van der Waals surface area contributed by atoms with E-state index in [0.29, 0.717) is 0 Å². The third-order valence-electron chi connectivity index (χ3n) is 3.07. The van der Waals surface area contributed by atoms with Gasteiger partial charge in [0, 0.05) is 0 Å². The first-order valence-electron chi connectivity index (χ1n) is 5.22. The average Bonchev–Trinajstić information content (AvgIpc) is 2.30. The molecular formula is C15H12. The Morgan fingerprint density at radius 2 is 1.20 bits per heavy atom. The maximum Gasteiger partial charge on any atom is -0.00135 e. The number of hydrogen-bond donors (Lipinski definition) is 0. The zero-order chi connectivity index (χ0) is 10.3. The molecule has 1 aliphatic carbocycles. The van der Waals surface area contributed by atoms with E-state index in [4.69, 9.17) is 0 Å². The lowest BCUT2D eigenvalue weighted by molar-refractivity contribution is 1.14. The molecule has 0 aromatic heterocycles. The summed E-state index contributed by atoms with van der Waals surface area (Å²) in [7, 11) is 0. The Balaban J connectivity index is 2.24. The minimum Gasteiger partial charge on any atom is -0.0905 e. The van der Waals surface area contributed by atoms with Crippen molar-refractivity contribution in [3.8, 4) is 0 Å². The zero-order valence-electron chi connectivity index (χ0n) is 8.53. The summed E-state index contributed by atoms with van der Waals surface area (Å²) in [5.41, 5.74) is 6.54. The van der Waals surface area contributed by atoms with Crippen LogP contribution in [0.2, 0.25) is 0 Å². The largest absolute Gasteiger partial charge is 0.0905 e. The highest BCUT2D eigenvalue weighted by Gasteiger charge is 2.16. The number of rotatable bonds is 0. The zero-order valence-corrected chi connectivity index (χ0v) is 8.53.